The van der Waals surface area contributed by atoms with E-state index < -0.39 is 11.1 Å². The molecule has 0 radical (unpaired) electrons. The highest BCUT2D eigenvalue weighted by atomic mass is 16.2. The van der Waals surface area contributed by atoms with Crippen LogP contribution in [0.4, 0.5) is 0 Å². The molecule has 1 aliphatic rings. The SMILES string of the molecule is CC1CCCN(CCCNC(=O)CCn2c(=O)c(=O)n(C)c3ccccc32)C1. The smallest absolute Gasteiger partial charge is 0.316 e. The highest BCUT2D eigenvalue weighted by molar-refractivity contribution is 5.77. The lowest BCUT2D eigenvalue weighted by Crippen LogP contribution is -2.41. The second-order valence-electron chi connectivity index (χ2n) is 7.81. The number of aryl methyl sites for hydroxylation is 2. The molecule has 1 aromatic carbocycles. The van der Waals surface area contributed by atoms with Crippen molar-refractivity contribution in [2.24, 2.45) is 13.0 Å². The Morgan fingerprint density at radius 2 is 1.89 bits per heavy atom. The van der Waals surface area contributed by atoms with Crippen molar-refractivity contribution in [1.82, 2.24) is 19.4 Å². The molecule has 1 saturated heterocycles. The molecule has 1 fully saturated rings. The fourth-order valence-electron chi connectivity index (χ4n) is 4.00. The summed E-state index contributed by atoms with van der Waals surface area (Å²) in [6, 6.07) is 7.25. The van der Waals surface area contributed by atoms with Crippen molar-refractivity contribution in [2.75, 3.05) is 26.2 Å². The molecule has 2 aromatic rings. The van der Waals surface area contributed by atoms with Crippen molar-refractivity contribution < 1.29 is 4.79 Å². The normalized spacial score (nSPS) is 17.7. The number of hydrogen-bond donors (Lipinski definition) is 1. The maximum absolute atomic E-state index is 12.4. The minimum atomic E-state index is -0.590. The van der Waals surface area contributed by atoms with Gasteiger partial charge in [-0.15, -0.1) is 0 Å². The van der Waals surface area contributed by atoms with Gasteiger partial charge in [-0.05, 0) is 50.4 Å². The van der Waals surface area contributed by atoms with Crippen LogP contribution in [0.15, 0.2) is 33.9 Å². The first-order chi connectivity index (χ1) is 13.5. The number of fused-ring (bicyclic) bond motifs is 1. The number of nitrogens with one attached hydrogen (secondary N) is 1. The van der Waals surface area contributed by atoms with Crippen LogP contribution in [0.1, 0.15) is 32.6 Å². The van der Waals surface area contributed by atoms with Crippen molar-refractivity contribution in [3.05, 3.63) is 45.0 Å². The number of carbonyl (C=O) groups is 1. The van der Waals surface area contributed by atoms with E-state index in [1.807, 2.05) is 12.1 Å². The molecule has 1 unspecified atom stereocenters. The topological polar surface area (TPSA) is 76.3 Å². The van der Waals surface area contributed by atoms with Crippen molar-refractivity contribution in [3.8, 4) is 0 Å². The molecule has 0 spiro atoms. The Labute approximate surface area is 165 Å². The Hall–Kier alpha value is -2.41. The molecule has 3 rings (SSSR count). The van der Waals surface area contributed by atoms with Crippen molar-refractivity contribution in [3.63, 3.8) is 0 Å². The number of carbonyl (C=O) groups excluding carboxylic acids is 1. The van der Waals surface area contributed by atoms with Crippen molar-refractivity contribution >= 4 is 16.9 Å². The summed E-state index contributed by atoms with van der Waals surface area (Å²) in [5, 5.41) is 2.93. The van der Waals surface area contributed by atoms with E-state index in [2.05, 4.69) is 17.1 Å². The number of para-hydroxylation sites is 2. The van der Waals surface area contributed by atoms with Gasteiger partial charge < -0.3 is 19.4 Å². The molecule has 0 bridgehead atoms. The number of amides is 1. The van der Waals surface area contributed by atoms with E-state index >= 15 is 0 Å². The Balaban J connectivity index is 1.52. The average Bonchev–Trinajstić information content (AvgIpc) is 2.69. The minimum absolute atomic E-state index is 0.0938. The summed E-state index contributed by atoms with van der Waals surface area (Å²) in [5.41, 5.74) is 0.188. The first-order valence-corrected chi connectivity index (χ1v) is 10.1. The molecule has 28 heavy (non-hydrogen) atoms. The summed E-state index contributed by atoms with van der Waals surface area (Å²) in [5.74, 6) is 0.665. The molecule has 1 amide bonds. The molecular formula is C21H30N4O3. The zero-order valence-electron chi connectivity index (χ0n) is 16.8. The Morgan fingerprint density at radius 3 is 2.64 bits per heavy atom. The van der Waals surface area contributed by atoms with E-state index in [4.69, 9.17) is 0 Å². The highest BCUT2D eigenvalue weighted by Gasteiger charge is 2.15. The first-order valence-electron chi connectivity index (χ1n) is 10.1. The van der Waals surface area contributed by atoms with Gasteiger partial charge in [-0.25, -0.2) is 0 Å². The van der Waals surface area contributed by atoms with Gasteiger partial charge in [0.2, 0.25) is 5.91 Å². The van der Waals surface area contributed by atoms with Gasteiger partial charge in [0.15, 0.2) is 0 Å². The van der Waals surface area contributed by atoms with Crippen LogP contribution < -0.4 is 16.4 Å². The summed E-state index contributed by atoms with van der Waals surface area (Å²) in [6.07, 6.45) is 3.67. The van der Waals surface area contributed by atoms with E-state index in [1.165, 1.54) is 22.0 Å². The quantitative estimate of drug-likeness (QED) is 0.575. The molecule has 1 aromatic heterocycles. The lowest BCUT2D eigenvalue weighted by Gasteiger charge is -2.30. The van der Waals surface area contributed by atoms with Gasteiger partial charge in [-0.1, -0.05) is 19.1 Å². The van der Waals surface area contributed by atoms with Crippen molar-refractivity contribution in [1.29, 1.82) is 0 Å². The number of benzene rings is 1. The van der Waals surface area contributed by atoms with E-state index in [0.717, 1.165) is 32.0 Å². The zero-order valence-corrected chi connectivity index (χ0v) is 16.8. The summed E-state index contributed by atoms with van der Waals surface area (Å²) >= 11 is 0. The predicted octanol–water partition coefficient (Wildman–Crippen LogP) is 1.33. The lowest BCUT2D eigenvalue weighted by atomic mass is 10.0. The molecule has 2 heterocycles. The van der Waals surface area contributed by atoms with E-state index in [9.17, 15) is 14.4 Å². The van der Waals surface area contributed by atoms with Crippen LogP contribution in [0.25, 0.3) is 11.0 Å². The number of piperidine rings is 1. The third-order valence-electron chi connectivity index (χ3n) is 5.54. The van der Waals surface area contributed by atoms with Crippen LogP contribution in [-0.2, 0) is 18.4 Å². The van der Waals surface area contributed by atoms with E-state index in [1.54, 1.807) is 19.2 Å². The maximum atomic E-state index is 12.4. The fraction of sp³-hybridized carbons (Fsp3) is 0.571. The van der Waals surface area contributed by atoms with Gasteiger partial charge >= 0.3 is 11.1 Å². The third-order valence-corrected chi connectivity index (χ3v) is 5.54. The third kappa shape index (κ3) is 4.70. The molecule has 7 heteroatoms. The van der Waals surface area contributed by atoms with Crippen LogP contribution in [-0.4, -0.2) is 46.1 Å². The largest absolute Gasteiger partial charge is 0.356 e. The summed E-state index contributed by atoms with van der Waals surface area (Å²) in [7, 11) is 1.59. The molecule has 1 aliphatic heterocycles. The molecule has 7 nitrogen and oxygen atoms in total. The van der Waals surface area contributed by atoms with Crippen LogP contribution in [0.2, 0.25) is 0 Å². The lowest BCUT2D eigenvalue weighted by molar-refractivity contribution is -0.121. The Kier molecular flexibility index (Phi) is 6.67. The summed E-state index contributed by atoms with van der Waals surface area (Å²) in [4.78, 5) is 39.2. The monoisotopic (exact) mass is 386 g/mol. The van der Waals surface area contributed by atoms with Crippen LogP contribution in [0, 0.1) is 5.92 Å². The Morgan fingerprint density at radius 1 is 1.14 bits per heavy atom. The fourth-order valence-corrected chi connectivity index (χ4v) is 4.00. The van der Waals surface area contributed by atoms with E-state index in [-0.39, 0.29) is 18.9 Å². The minimum Gasteiger partial charge on any atom is -0.356 e. The average molecular weight is 386 g/mol. The van der Waals surface area contributed by atoms with E-state index in [0.29, 0.717) is 17.6 Å². The summed E-state index contributed by atoms with van der Waals surface area (Å²) < 4.78 is 2.77. The molecule has 0 aliphatic carbocycles. The van der Waals surface area contributed by atoms with Crippen molar-refractivity contribution in [2.45, 2.75) is 39.2 Å². The zero-order chi connectivity index (χ0) is 20.1. The molecule has 152 valence electrons. The molecule has 0 saturated carbocycles. The number of aromatic nitrogens is 2. The van der Waals surface area contributed by atoms with Gasteiger partial charge in [0.25, 0.3) is 0 Å². The van der Waals surface area contributed by atoms with Crippen LogP contribution >= 0.6 is 0 Å². The Bertz CT molecular complexity index is 947. The second kappa shape index (κ2) is 9.19. The van der Waals surface area contributed by atoms with Gasteiger partial charge in [-0.2, -0.15) is 0 Å². The second-order valence-corrected chi connectivity index (χ2v) is 7.81. The van der Waals surface area contributed by atoms with Gasteiger partial charge in [0.1, 0.15) is 0 Å². The van der Waals surface area contributed by atoms with Crippen LogP contribution in [0.3, 0.4) is 0 Å². The predicted molar refractivity (Wildman–Crippen MR) is 111 cm³/mol. The number of hydrogen-bond acceptors (Lipinski definition) is 4. The maximum Gasteiger partial charge on any atom is 0.316 e. The summed E-state index contributed by atoms with van der Waals surface area (Å²) in [6.45, 7) is 6.42. The number of likely N-dealkylation sites (tertiary alicyclic amines) is 1. The number of nitrogens with zero attached hydrogens (tertiary/aromatic N) is 3. The number of rotatable bonds is 7. The highest BCUT2D eigenvalue weighted by Crippen LogP contribution is 2.15. The van der Waals surface area contributed by atoms with Crippen LogP contribution in [0.5, 0.6) is 0 Å². The molecule has 1 N–H and O–H groups in total. The molecule has 1 atom stereocenters. The van der Waals surface area contributed by atoms with Gasteiger partial charge in [0, 0.05) is 33.1 Å². The van der Waals surface area contributed by atoms with Gasteiger partial charge in [-0.3, -0.25) is 14.4 Å². The van der Waals surface area contributed by atoms with Gasteiger partial charge in [0.05, 0.1) is 11.0 Å². The molecular weight excluding hydrogens is 356 g/mol. The standard InChI is InChI=1S/C21H30N4O3/c1-16-7-5-12-24(15-16)13-6-11-22-19(26)10-14-25-18-9-4-3-8-17(18)23(2)20(27)21(25)28/h3-4,8-9,16H,5-7,10-15H2,1-2H3,(H,22,26). The first kappa shape index (κ1) is 20.3.